The number of nitrogens with one attached hydrogen (secondary N) is 3. The highest BCUT2D eigenvalue weighted by atomic mass is 35.5. The van der Waals surface area contributed by atoms with Gasteiger partial charge in [0.25, 0.3) is 0 Å². The SMILES string of the molecule is C=CC(=O)Nc1cc(N/C(N=C)=N/C(NC2CC2)=C(\C)Cl)c(OC)cc1N1CCC(N(C)C)CC1. The monoisotopic (exact) mass is 501 g/mol. The number of nitrogens with zero attached hydrogens (tertiary/aromatic N) is 4. The average Bonchev–Trinajstić information content (AvgIpc) is 3.67. The molecular weight excluding hydrogens is 466 g/mol. The van der Waals surface area contributed by atoms with Crippen LogP contribution >= 0.6 is 11.6 Å². The maximum absolute atomic E-state index is 12.2. The summed E-state index contributed by atoms with van der Waals surface area (Å²) in [4.78, 5) is 25.3. The Hall–Kier alpha value is -3.04. The van der Waals surface area contributed by atoms with Crippen molar-refractivity contribution in [2.24, 2.45) is 9.98 Å². The van der Waals surface area contributed by atoms with Crippen molar-refractivity contribution in [2.45, 2.75) is 44.7 Å². The number of aliphatic imine (C=N–C) groups is 2. The molecule has 0 atom stereocenters. The van der Waals surface area contributed by atoms with Gasteiger partial charge in [0.2, 0.25) is 11.9 Å². The first-order chi connectivity index (χ1) is 16.7. The van der Waals surface area contributed by atoms with Gasteiger partial charge in [-0.05, 0) is 65.6 Å². The van der Waals surface area contributed by atoms with Crippen LogP contribution in [0, 0.1) is 0 Å². The molecule has 0 bridgehead atoms. The molecule has 190 valence electrons. The summed E-state index contributed by atoms with van der Waals surface area (Å²) in [6, 6.07) is 4.65. The fraction of sp³-hybridized carbons (Fsp3) is 0.480. The van der Waals surface area contributed by atoms with Crippen molar-refractivity contribution in [2.75, 3.05) is 49.8 Å². The van der Waals surface area contributed by atoms with E-state index in [1.54, 1.807) is 14.0 Å². The predicted octanol–water partition coefficient (Wildman–Crippen LogP) is 4.00. The van der Waals surface area contributed by atoms with E-state index in [4.69, 9.17) is 16.3 Å². The van der Waals surface area contributed by atoms with E-state index < -0.39 is 0 Å². The number of ether oxygens (including phenoxy) is 1. The number of hydrogen-bond donors (Lipinski definition) is 3. The third kappa shape index (κ3) is 7.22. The van der Waals surface area contributed by atoms with Gasteiger partial charge >= 0.3 is 0 Å². The van der Waals surface area contributed by atoms with Gasteiger partial charge in [0.05, 0.1) is 29.2 Å². The number of hydrogen-bond acceptors (Lipinski definition) is 6. The zero-order valence-corrected chi connectivity index (χ0v) is 21.8. The summed E-state index contributed by atoms with van der Waals surface area (Å²) in [7, 11) is 5.82. The molecular formula is C25H36ClN7O2. The van der Waals surface area contributed by atoms with Crippen molar-refractivity contribution in [1.82, 2.24) is 10.2 Å². The topological polar surface area (TPSA) is 93.6 Å². The van der Waals surface area contributed by atoms with Crippen LogP contribution in [0.25, 0.3) is 0 Å². The van der Waals surface area contributed by atoms with Gasteiger partial charge in [-0.25, -0.2) is 4.99 Å². The quantitative estimate of drug-likeness (QED) is 0.269. The Kier molecular flexibility index (Phi) is 9.17. The number of carbonyl (C=O) groups is 1. The number of methoxy groups -OCH3 is 1. The molecule has 0 aromatic heterocycles. The zero-order chi connectivity index (χ0) is 25.5. The summed E-state index contributed by atoms with van der Waals surface area (Å²) in [5.74, 6) is 1.10. The van der Waals surface area contributed by atoms with Gasteiger partial charge in [-0.3, -0.25) is 4.79 Å². The van der Waals surface area contributed by atoms with E-state index >= 15 is 0 Å². The number of benzene rings is 1. The standard InChI is InChI=1S/C25H36ClN7O2/c1-7-23(34)29-19-14-20(30-25(27-3)31-24(16(2)26)28-17-8-9-17)22(35-6)15-21(19)33-12-10-18(11-13-33)32(4)5/h7,14-15,17-18,28H,1,3,8-13H2,2,4-6H3,(H,29,34)(H,30,31)/b24-16+. The molecule has 35 heavy (non-hydrogen) atoms. The first-order valence-electron chi connectivity index (χ1n) is 11.8. The van der Waals surface area contributed by atoms with Crippen molar-refractivity contribution >= 4 is 47.2 Å². The van der Waals surface area contributed by atoms with Crippen molar-refractivity contribution in [3.05, 3.63) is 35.6 Å². The smallest absolute Gasteiger partial charge is 0.247 e. The van der Waals surface area contributed by atoms with Crippen LogP contribution in [0.3, 0.4) is 0 Å². The Morgan fingerprint density at radius 1 is 1.20 bits per heavy atom. The average molecular weight is 502 g/mol. The molecule has 1 heterocycles. The maximum Gasteiger partial charge on any atom is 0.247 e. The summed E-state index contributed by atoms with van der Waals surface area (Å²) in [6.07, 6.45) is 5.48. The lowest BCUT2D eigenvalue weighted by atomic mass is 10.0. The number of amides is 1. The number of allylic oxidation sites excluding steroid dienone is 1. The van der Waals surface area contributed by atoms with E-state index in [0.717, 1.165) is 44.5 Å². The lowest BCUT2D eigenvalue weighted by Gasteiger charge is -2.37. The molecule has 1 aliphatic heterocycles. The molecule has 1 aromatic carbocycles. The van der Waals surface area contributed by atoms with Gasteiger partial charge in [-0.1, -0.05) is 18.2 Å². The van der Waals surface area contributed by atoms with Crippen LogP contribution in [0.1, 0.15) is 32.6 Å². The highest BCUT2D eigenvalue weighted by Gasteiger charge is 2.25. The van der Waals surface area contributed by atoms with E-state index in [1.807, 2.05) is 12.1 Å². The third-order valence-corrected chi connectivity index (χ3v) is 6.33. The Morgan fingerprint density at radius 3 is 2.40 bits per heavy atom. The highest BCUT2D eigenvalue weighted by Crippen LogP contribution is 2.38. The molecule has 1 saturated carbocycles. The minimum atomic E-state index is -0.294. The first kappa shape index (κ1) is 26.6. The van der Waals surface area contributed by atoms with Gasteiger partial charge in [0, 0.05) is 31.2 Å². The maximum atomic E-state index is 12.2. The molecule has 3 rings (SSSR count). The summed E-state index contributed by atoms with van der Waals surface area (Å²) in [5.41, 5.74) is 2.12. The van der Waals surface area contributed by atoms with E-state index in [1.165, 1.54) is 6.08 Å². The van der Waals surface area contributed by atoms with Crippen LogP contribution < -0.4 is 25.6 Å². The van der Waals surface area contributed by atoms with E-state index in [9.17, 15) is 4.79 Å². The van der Waals surface area contributed by atoms with Crippen LogP contribution in [-0.4, -0.2) is 69.9 Å². The van der Waals surface area contributed by atoms with Gasteiger partial charge < -0.3 is 30.5 Å². The molecule has 0 spiro atoms. The van der Waals surface area contributed by atoms with Gasteiger partial charge in [0.15, 0.2) is 0 Å². The Morgan fingerprint density at radius 2 is 1.89 bits per heavy atom. The Labute approximate surface area is 213 Å². The van der Waals surface area contributed by atoms with Crippen molar-refractivity contribution in [3.63, 3.8) is 0 Å². The van der Waals surface area contributed by atoms with Crippen molar-refractivity contribution in [3.8, 4) is 5.75 Å². The summed E-state index contributed by atoms with van der Waals surface area (Å²) in [6.45, 7) is 10.7. The van der Waals surface area contributed by atoms with Crippen LogP contribution in [0.15, 0.2) is 45.6 Å². The molecule has 1 aliphatic carbocycles. The lowest BCUT2D eigenvalue weighted by Crippen LogP contribution is -2.42. The molecule has 1 aromatic rings. The second kappa shape index (κ2) is 12.1. The summed E-state index contributed by atoms with van der Waals surface area (Å²) >= 11 is 6.24. The molecule has 0 unspecified atom stereocenters. The Bertz CT molecular complexity index is 1010. The van der Waals surface area contributed by atoms with Gasteiger partial charge in [0.1, 0.15) is 11.6 Å². The number of halogens is 1. The minimum absolute atomic E-state index is 0.256. The van der Waals surface area contributed by atoms with Crippen molar-refractivity contribution in [1.29, 1.82) is 0 Å². The predicted molar refractivity (Wildman–Crippen MR) is 146 cm³/mol. The molecule has 1 saturated heterocycles. The Balaban J connectivity index is 1.93. The largest absolute Gasteiger partial charge is 0.494 e. The molecule has 2 aliphatic rings. The molecule has 9 nitrogen and oxygen atoms in total. The number of anilines is 3. The molecule has 3 N–H and O–H groups in total. The fourth-order valence-corrected chi connectivity index (χ4v) is 4.06. The van der Waals surface area contributed by atoms with Gasteiger partial charge in [-0.15, -0.1) is 0 Å². The number of rotatable bonds is 9. The third-order valence-electron chi connectivity index (χ3n) is 6.15. The lowest BCUT2D eigenvalue weighted by molar-refractivity contribution is -0.111. The van der Waals surface area contributed by atoms with E-state index in [2.05, 4.69) is 63.1 Å². The van der Waals surface area contributed by atoms with Crippen LogP contribution in [0.4, 0.5) is 17.1 Å². The van der Waals surface area contributed by atoms with Gasteiger partial charge in [-0.2, -0.15) is 4.99 Å². The van der Waals surface area contributed by atoms with Crippen LogP contribution in [0.5, 0.6) is 5.75 Å². The zero-order valence-electron chi connectivity index (χ0n) is 21.0. The second-order valence-electron chi connectivity index (χ2n) is 8.96. The van der Waals surface area contributed by atoms with E-state index in [-0.39, 0.29) is 11.9 Å². The highest BCUT2D eigenvalue weighted by molar-refractivity contribution is 6.29. The number of carbonyl (C=O) groups excluding carboxylic acids is 1. The second-order valence-corrected chi connectivity index (χ2v) is 9.53. The normalized spacial score (nSPS) is 17.5. The fourth-order valence-electron chi connectivity index (χ4n) is 3.96. The first-order valence-corrected chi connectivity index (χ1v) is 12.2. The molecule has 0 radical (unpaired) electrons. The van der Waals surface area contributed by atoms with Crippen molar-refractivity contribution < 1.29 is 9.53 Å². The number of guanidine groups is 1. The minimum Gasteiger partial charge on any atom is -0.494 e. The number of piperidine rings is 1. The van der Waals surface area contributed by atoms with Crippen LogP contribution in [0.2, 0.25) is 0 Å². The van der Waals surface area contributed by atoms with Crippen LogP contribution in [-0.2, 0) is 4.79 Å². The van der Waals surface area contributed by atoms with E-state index in [0.29, 0.717) is 40.1 Å². The molecule has 1 amide bonds. The summed E-state index contributed by atoms with van der Waals surface area (Å²) in [5, 5.41) is 9.94. The molecule has 10 heteroatoms. The summed E-state index contributed by atoms with van der Waals surface area (Å²) < 4.78 is 5.69. The molecule has 2 fully saturated rings.